The standard InChI is InChI=1S/C20H16N2O3/c23-18-14-8-3-4-9-15(14)19(24)22(18)17-13-7-2-1-6-12(13)16-10-5-11-21(16)20(17)25/h1-4,6-9,16-17H,5,10-11H2/t16-,17+/m1/s1. The van der Waals surface area contributed by atoms with E-state index in [9.17, 15) is 14.4 Å². The maximum Gasteiger partial charge on any atom is 0.262 e. The summed E-state index contributed by atoms with van der Waals surface area (Å²) in [5.41, 5.74) is 2.59. The first kappa shape index (κ1) is 14.4. The maximum absolute atomic E-state index is 13.2. The quantitative estimate of drug-likeness (QED) is 0.755. The lowest BCUT2D eigenvalue weighted by Crippen LogP contribution is -2.48. The van der Waals surface area contributed by atoms with Crippen LogP contribution in [-0.4, -0.2) is 34.1 Å². The second kappa shape index (κ2) is 5.02. The highest BCUT2D eigenvalue weighted by Gasteiger charge is 2.50. The van der Waals surface area contributed by atoms with Gasteiger partial charge in [-0.15, -0.1) is 0 Å². The Morgan fingerprint density at radius 3 is 2.08 bits per heavy atom. The van der Waals surface area contributed by atoms with Crippen molar-refractivity contribution in [2.24, 2.45) is 0 Å². The number of carbonyl (C=O) groups excluding carboxylic acids is 3. The topological polar surface area (TPSA) is 57.7 Å². The Hall–Kier alpha value is -2.95. The van der Waals surface area contributed by atoms with E-state index in [0.29, 0.717) is 17.7 Å². The van der Waals surface area contributed by atoms with Crippen molar-refractivity contribution >= 4 is 17.7 Å². The van der Waals surface area contributed by atoms with Gasteiger partial charge in [-0.2, -0.15) is 0 Å². The van der Waals surface area contributed by atoms with E-state index in [1.54, 1.807) is 24.3 Å². The summed E-state index contributed by atoms with van der Waals surface area (Å²) in [5.74, 6) is -0.909. The Morgan fingerprint density at radius 2 is 1.40 bits per heavy atom. The molecule has 1 fully saturated rings. The van der Waals surface area contributed by atoms with Gasteiger partial charge in [-0.3, -0.25) is 19.3 Å². The molecule has 5 rings (SSSR count). The molecule has 0 aromatic heterocycles. The van der Waals surface area contributed by atoms with Gasteiger partial charge in [-0.25, -0.2) is 0 Å². The molecule has 0 saturated carbocycles. The van der Waals surface area contributed by atoms with Crippen molar-refractivity contribution in [3.8, 4) is 0 Å². The fourth-order valence-corrected chi connectivity index (χ4v) is 4.40. The molecular weight excluding hydrogens is 316 g/mol. The Kier molecular flexibility index (Phi) is 2.89. The first-order chi connectivity index (χ1) is 12.2. The lowest BCUT2D eigenvalue weighted by Gasteiger charge is -2.39. The number of rotatable bonds is 1. The molecule has 3 heterocycles. The van der Waals surface area contributed by atoms with Crippen LogP contribution in [0.15, 0.2) is 48.5 Å². The first-order valence-electron chi connectivity index (χ1n) is 8.54. The summed E-state index contributed by atoms with van der Waals surface area (Å²) in [6.07, 6.45) is 1.87. The predicted octanol–water partition coefficient (Wildman–Crippen LogP) is 2.70. The fraction of sp³-hybridized carbons (Fsp3) is 0.250. The zero-order chi connectivity index (χ0) is 17.1. The Bertz CT molecular complexity index is 901. The third kappa shape index (κ3) is 1.81. The molecule has 2 aromatic carbocycles. The van der Waals surface area contributed by atoms with E-state index in [-0.39, 0.29) is 23.8 Å². The molecule has 0 bridgehead atoms. The first-order valence-corrected chi connectivity index (χ1v) is 8.54. The van der Waals surface area contributed by atoms with E-state index in [4.69, 9.17) is 0 Å². The number of benzene rings is 2. The van der Waals surface area contributed by atoms with Crippen LogP contribution in [0.25, 0.3) is 0 Å². The van der Waals surface area contributed by atoms with Crippen LogP contribution in [0.1, 0.15) is 56.8 Å². The van der Waals surface area contributed by atoms with Gasteiger partial charge in [0.25, 0.3) is 17.7 Å². The minimum Gasteiger partial charge on any atom is -0.334 e. The summed E-state index contributed by atoms with van der Waals surface area (Å²) in [7, 11) is 0. The molecule has 0 radical (unpaired) electrons. The molecule has 3 aliphatic rings. The molecule has 5 nitrogen and oxygen atoms in total. The number of carbonyl (C=O) groups is 3. The molecule has 5 heteroatoms. The van der Waals surface area contributed by atoms with Crippen molar-refractivity contribution < 1.29 is 14.4 Å². The second-order valence-electron chi connectivity index (χ2n) is 6.75. The van der Waals surface area contributed by atoms with Crippen molar-refractivity contribution in [2.45, 2.75) is 24.9 Å². The van der Waals surface area contributed by atoms with Crippen molar-refractivity contribution in [2.75, 3.05) is 6.54 Å². The van der Waals surface area contributed by atoms with Crippen molar-refractivity contribution in [1.82, 2.24) is 9.80 Å². The third-order valence-corrected chi connectivity index (χ3v) is 5.50. The number of imide groups is 1. The van der Waals surface area contributed by atoms with Gasteiger partial charge in [0.1, 0.15) is 6.04 Å². The summed E-state index contributed by atoms with van der Waals surface area (Å²) >= 11 is 0. The van der Waals surface area contributed by atoms with Gasteiger partial charge in [-0.1, -0.05) is 36.4 Å². The number of hydrogen-bond donors (Lipinski definition) is 0. The van der Waals surface area contributed by atoms with Gasteiger partial charge < -0.3 is 4.90 Å². The monoisotopic (exact) mass is 332 g/mol. The van der Waals surface area contributed by atoms with Crippen molar-refractivity contribution in [1.29, 1.82) is 0 Å². The van der Waals surface area contributed by atoms with Gasteiger partial charge in [0.15, 0.2) is 0 Å². The SMILES string of the molecule is O=C1[C@@H](N2C(=O)c3ccccc3C2=O)c2ccccc2[C@H]2CCCN12. The van der Waals surface area contributed by atoms with Crippen LogP contribution in [0.5, 0.6) is 0 Å². The predicted molar refractivity (Wildman–Crippen MR) is 89.8 cm³/mol. The van der Waals surface area contributed by atoms with Crippen LogP contribution in [0.2, 0.25) is 0 Å². The molecule has 2 atom stereocenters. The average Bonchev–Trinajstić information content (AvgIpc) is 3.22. The van der Waals surface area contributed by atoms with Crippen LogP contribution >= 0.6 is 0 Å². The molecule has 124 valence electrons. The van der Waals surface area contributed by atoms with Crippen LogP contribution in [0.3, 0.4) is 0 Å². The Balaban J connectivity index is 1.67. The molecule has 3 amide bonds. The largest absolute Gasteiger partial charge is 0.334 e. The average molecular weight is 332 g/mol. The van der Waals surface area contributed by atoms with Gasteiger partial charge in [0.05, 0.1) is 17.2 Å². The minimum absolute atomic E-state index is 0.0649. The van der Waals surface area contributed by atoms with Gasteiger partial charge in [-0.05, 0) is 36.1 Å². The van der Waals surface area contributed by atoms with E-state index in [0.717, 1.165) is 28.9 Å². The minimum atomic E-state index is -0.863. The van der Waals surface area contributed by atoms with Crippen LogP contribution < -0.4 is 0 Å². The molecule has 0 aliphatic carbocycles. The number of nitrogens with zero attached hydrogens (tertiary/aromatic N) is 2. The number of hydrogen-bond acceptors (Lipinski definition) is 3. The lowest BCUT2D eigenvalue weighted by molar-refractivity contribution is -0.138. The van der Waals surface area contributed by atoms with Gasteiger partial charge in [0.2, 0.25) is 0 Å². The van der Waals surface area contributed by atoms with Gasteiger partial charge >= 0.3 is 0 Å². The summed E-state index contributed by atoms with van der Waals surface area (Å²) < 4.78 is 0. The fourth-order valence-electron chi connectivity index (χ4n) is 4.40. The smallest absolute Gasteiger partial charge is 0.262 e. The normalized spacial score (nSPS) is 24.4. The zero-order valence-electron chi connectivity index (χ0n) is 13.5. The number of fused-ring (bicyclic) bond motifs is 4. The van der Waals surface area contributed by atoms with Crippen LogP contribution in [0.4, 0.5) is 0 Å². The van der Waals surface area contributed by atoms with E-state index >= 15 is 0 Å². The highest BCUT2D eigenvalue weighted by Crippen LogP contribution is 2.45. The molecule has 2 aromatic rings. The summed E-state index contributed by atoms with van der Waals surface area (Å²) in [5, 5.41) is 0. The third-order valence-electron chi connectivity index (χ3n) is 5.50. The van der Waals surface area contributed by atoms with Crippen LogP contribution in [0, 0.1) is 0 Å². The van der Waals surface area contributed by atoms with E-state index in [1.165, 1.54) is 0 Å². The van der Waals surface area contributed by atoms with E-state index in [2.05, 4.69) is 0 Å². The van der Waals surface area contributed by atoms with Crippen molar-refractivity contribution in [3.63, 3.8) is 0 Å². The van der Waals surface area contributed by atoms with E-state index in [1.807, 2.05) is 29.2 Å². The zero-order valence-corrected chi connectivity index (χ0v) is 13.5. The molecule has 0 N–H and O–H groups in total. The lowest BCUT2D eigenvalue weighted by atomic mass is 9.88. The molecular formula is C20H16N2O3. The Morgan fingerprint density at radius 1 is 0.800 bits per heavy atom. The van der Waals surface area contributed by atoms with Crippen LogP contribution in [-0.2, 0) is 4.79 Å². The van der Waals surface area contributed by atoms with E-state index < -0.39 is 6.04 Å². The molecule has 1 saturated heterocycles. The Labute approximate surface area is 144 Å². The summed E-state index contributed by atoms with van der Waals surface area (Å²) in [6.45, 7) is 0.678. The maximum atomic E-state index is 13.2. The number of amides is 3. The second-order valence-corrected chi connectivity index (χ2v) is 6.75. The highest BCUT2D eigenvalue weighted by molar-refractivity contribution is 6.23. The molecule has 3 aliphatic heterocycles. The molecule has 25 heavy (non-hydrogen) atoms. The molecule has 0 spiro atoms. The summed E-state index contributed by atoms with van der Waals surface area (Å²) in [4.78, 5) is 41.9. The summed E-state index contributed by atoms with van der Waals surface area (Å²) in [6, 6.07) is 13.7. The molecule has 0 unspecified atom stereocenters. The van der Waals surface area contributed by atoms with Gasteiger partial charge in [0, 0.05) is 6.54 Å². The van der Waals surface area contributed by atoms with Crippen molar-refractivity contribution in [3.05, 3.63) is 70.8 Å². The highest BCUT2D eigenvalue weighted by atomic mass is 16.2.